The van der Waals surface area contributed by atoms with E-state index in [4.69, 9.17) is 5.21 Å². The van der Waals surface area contributed by atoms with Crippen molar-refractivity contribution < 1.29 is 14.8 Å². The molecule has 1 aliphatic rings. The van der Waals surface area contributed by atoms with Crippen molar-refractivity contribution in [3.8, 4) is 0 Å². The van der Waals surface area contributed by atoms with Crippen LogP contribution in [-0.2, 0) is 13.0 Å². The predicted molar refractivity (Wildman–Crippen MR) is 85.3 cm³/mol. The number of hydroxylamine groups is 1. The van der Waals surface area contributed by atoms with Gasteiger partial charge in [-0.1, -0.05) is 23.8 Å². The Balaban J connectivity index is 1.79. The molecule has 0 fully saturated rings. The minimum Gasteiger partial charge on any atom is -0.334 e. The van der Waals surface area contributed by atoms with Gasteiger partial charge in [-0.15, -0.1) is 0 Å². The molecular weight excluding hydrogens is 292 g/mol. The summed E-state index contributed by atoms with van der Waals surface area (Å²) in [5.74, 6) is -0.501. The fraction of sp³-hybridized carbons (Fsp3) is 0.222. The molecule has 5 heteroatoms. The SMILES string of the molecule is Cc1ccc(C(=O)N2CCc3cc(C(=O)NO)ccc3C2)cc1. The molecule has 23 heavy (non-hydrogen) atoms. The molecule has 2 aromatic rings. The maximum absolute atomic E-state index is 12.6. The molecule has 0 atom stereocenters. The third-order valence-electron chi connectivity index (χ3n) is 4.17. The summed E-state index contributed by atoms with van der Waals surface area (Å²) in [6.45, 7) is 3.14. The number of nitrogens with zero attached hydrogens (tertiary/aromatic N) is 1. The lowest BCUT2D eigenvalue weighted by molar-refractivity contribution is 0.0702. The fourth-order valence-electron chi connectivity index (χ4n) is 2.81. The van der Waals surface area contributed by atoms with Crippen LogP contribution in [0.4, 0.5) is 0 Å². The first-order valence-corrected chi connectivity index (χ1v) is 7.50. The molecule has 0 radical (unpaired) electrons. The number of hydrogen-bond acceptors (Lipinski definition) is 3. The zero-order valence-corrected chi connectivity index (χ0v) is 12.9. The summed E-state index contributed by atoms with van der Waals surface area (Å²) in [7, 11) is 0. The lowest BCUT2D eigenvalue weighted by atomic mass is 9.96. The van der Waals surface area contributed by atoms with Crippen LogP contribution in [0.15, 0.2) is 42.5 Å². The molecule has 0 unspecified atom stereocenters. The molecule has 0 bridgehead atoms. The molecule has 2 amide bonds. The first-order chi connectivity index (χ1) is 11.1. The smallest absolute Gasteiger partial charge is 0.274 e. The van der Waals surface area contributed by atoms with Crippen LogP contribution < -0.4 is 5.48 Å². The number of aryl methyl sites for hydroxylation is 1. The summed E-state index contributed by atoms with van der Waals surface area (Å²) in [5.41, 5.74) is 5.95. The van der Waals surface area contributed by atoms with Crippen LogP contribution in [0, 0.1) is 6.92 Å². The van der Waals surface area contributed by atoms with E-state index in [0.717, 1.165) is 16.7 Å². The minimum absolute atomic E-state index is 0.0211. The second-order valence-corrected chi connectivity index (χ2v) is 5.77. The summed E-state index contributed by atoms with van der Waals surface area (Å²) in [6.07, 6.45) is 0.694. The van der Waals surface area contributed by atoms with Gasteiger partial charge in [-0.3, -0.25) is 14.8 Å². The number of carbonyl (C=O) groups excluding carboxylic acids is 2. The Labute approximate surface area is 134 Å². The molecule has 2 N–H and O–H groups in total. The maximum atomic E-state index is 12.6. The van der Waals surface area contributed by atoms with Gasteiger partial charge in [0.2, 0.25) is 0 Å². The van der Waals surface area contributed by atoms with E-state index in [0.29, 0.717) is 30.6 Å². The Morgan fingerprint density at radius 1 is 1.04 bits per heavy atom. The quantitative estimate of drug-likeness (QED) is 0.660. The van der Waals surface area contributed by atoms with Gasteiger partial charge in [-0.25, -0.2) is 5.48 Å². The molecule has 2 aromatic carbocycles. The van der Waals surface area contributed by atoms with Crippen LogP contribution >= 0.6 is 0 Å². The van der Waals surface area contributed by atoms with E-state index >= 15 is 0 Å². The molecule has 0 saturated heterocycles. The van der Waals surface area contributed by atoms with Crippen LogP contribution in [-0.4, -0.2) is 28.5 Å². The highest BCUT2D eigenvalue weighted by molar-refractivity contribution is 5.95. The predicted octanol–water partition coefficient (Wildman–Crippen LogP) is 2.31. The van der Waals surface area contributed by atoms with Crippen molar-refractivity contribution in [2.75, 3.05) is 6.54 Å². The summed E-state index contributed by atoms with van der Waals surface area (Å²) in [6, 6.07) is 12.8. The molecule has 1 aliphatic heterocycles. The highest BCUT2D eigenvalue weighted by atomic mass is 16.5. The Morgan fingerprint density at radius 2 is 1.74 bits per heavy atom. The van der Waals surface area contributed by atoms with E-state index in [9.17, 15) is 9.59 Å². The summed E-state index contributed by atoms with van der Waals surface area (Å²) < 4.78 is 0. The van der Waals surface area contributed by atoms with Gasteiger partial charge in [0.15, 0.2) is 0 Å². The van der Waals surface area contributed by atoms with E-state index in [1.165, 1.54) is 0 Å². The molecule has 118 valence electrons. The second-order valence-electron chi connectivity index (χ2n) is 5.77. The van der Waals surface area contributed by atoms with Gasteiger partial charge in [0.05, 0.1) is 0 Å². The molecule has 1 heterocycles. The monoisotopic (exact) mass is 310 g/mol. The largest absolute Gasteiger partial charge is 0.334 e. The second kappa shape index (κ2) is 6.22. The summed E-state index contributed by atoms with van der Waals surface area (Å²) >= 11 is 0. The van der Waals surface area contributed by atoms with Crippen molar-refractivity contribution >= 4 is 11.8 Å². The molecule has 3 rings (SSSR count). The first kappa shape index (κ1) is 15.2. The van der Waals surface area contributed by atoms with Crippen molar-refractivity contribution in [1.82, 2.24) is 10.4 Å². The van der Waals surface area contributed by atoms with E-state index in [2.05, 4.69) is 0 Å². The van der Waals surface area contributed by atoms with Crippen molar-refractivity contribution in [1.29, 1.82) is 0 Å². The van der Waals surface area contributed by atoms with Gasteiger partial charge >= 0.3 is 0 Å². The number of hydrogen-bond donors (Lipinski definition) is 2. The number of amides is 2. The van der Waals surface area contributed by atoms with Gasteiger partial charge in [0, 0.05) is 24.2 Å². The summed E-state index contributed by atoms with van der Waals surface area (Å²) in [5, 5.41) is 8.70. The first-order valence-electron chi connectivity index (χ1n) is 7.50. The van der Waals surface area contributed by atoms with Crippen molar-refractivity contribution in [2.45, 2.75) is 19.9 Å². The number of carbonyl (C=O) groups is 2. The normalized spacial score (nSPS) is 13.4. The van der Waals surface area contributed by atoms with E-state index < -0.39 is 5.91 Å². The molecule has 0 aromatic heterocycles. The van der Waals surface area contributed by atoms with E-state index in [-0.39, 0.29) is 5.91 Å². The fourth-order valence-corrected chi connectivity index (χ4v) is 2.81. The number of rotatable bonds is 2. The summed E-state index contributed by atoms with van der Waals surface area (Å²) in [4.78, 5) is 25.8. The van der Waals surface area contributed by atoms with Crippen LogP contribution in [0.1, 0.15) is 37.4 Å². The zero-order valence-electron chi connectivity index (χ0n) is 12.9. The minimum atomic E-state index is -0.522. The van der Waals surface area contributed by atoms with Crippen molar-refractivity contribution in [3.63, 3.8) is 0 Å². The van der Waals surface area contributed by atoms with E-state index in [1.807, 2.05) is 42.2 Å². The average molecular weight is 310 g/mol. The van der Waals surface area contributed by atoms with Crippen molar-refractivity contribution in [3.05, 3.63) is 70.3 Å². The Hall–Kier alpha value is -2.66. The lowest BCUT2D eigenvalue weighted by Crippen LogP contribution is -2.36. The number of benzene rings is 2. The van der Waals surface area contributed by atoms with Crippen molar-refractivity contribution in [2.24, 2.45) is 0 Å². The van der Waals surface area contributed by atoms with Crippen LogP contribution in [0.25, 0.3) is 0 Å². The third kappa shape index (κ3) is 3.10. The van der Waals surface area contributed by atoms with Crippen LogP contribution in [0.5, 0.6) is 0 Å². The van der Waals surface area contributed by atoms with Crippen LogP contribution in [0.3, 0.4) is 0 Å². The molecular formula is C18H18N2O3. The number of fused-ring (bicyclic) bond motifs is 1. The molecule has 0 spiro atoms. The lowest BCUT2D eigenvalue weighted by Gasteiger charge is -2.29. The number of nitrogens with one attached hydrogen (secondary N) is 1. The molecule has 0 aliphatic carbocycles. The Morgan fingerprint density at radius 3 is 2.43 bits per heavy atom. The molecule has 5 nitrogen and oxygen atoms in total. The van der Waals surface area contributed by atoms with Gasteiger partial charge in [-0.05, 0) is 48.7 Å². The third-order valence-corrected chi connectivity index (χ3v) is 4.17. The standard InChI is InChI=1S/C18H18N2O3/c1-12-2-4-13(5-3-12)18(22)20-9-8-14-10-15(17(21)19-23)6-7-16(14)11-20/h2-7,10,23H,8-9,11H2,1H3,(H,19,21). The topological polar surface area (TPSA) is 69.6 Å². The van der Waals surface area contributed by atoms with Gasteiger partial charge in [0.25, 0.3) is 11.8 Å². The Bertz CT molecular complexity index is 753. The Kier molecular flexibility index (Phi) is 4.12. The highest BCUT2D eigenvalue weighted by Crippen LogP contribution is 2.22. The van der Waals surface area contributed by atoms with Gasteiger partial charge in [0.1, 0.15) is 0 Å². The van der Waals surface area contributed by atoms with Gasteiger partial charge < -0.3 is 4.90 Å². The van der Waals surface area contributed by atoms with Gasteiger partial charge in [-0.2, -0.15) is 0 Å². The maximum Gasteiger partial charge on any atom is 0.274 e. The highest BCUT2D eigenvalue weighted by Gasteiger charge is 2.22. The molecule has 0 saturated carbocycles. The van der Waals surface area contributed by atoms with Crippen LogP contribution in [0.2, 0.25) is 0 Å². The average Bonchev–Trinajstić information content (AvgIpc) is 2.60. The zero-order chi connectivity index (χ0) is 16.4. The van der Waals surface area contributed by atoms with E-state index in [1.54, 1.807) is 17.6 Å².